The third-order valence-electron chi connectivity index (χ3n) is 5.33. The number of aryl methyl sites for hydroxylation is 1. The molecule has 2 aliphatic rings. The predicted molar refractivity (Wildman–Crippen MR) is 98.4 cm³/mol. The molecule has 1 aromatic carbocycles. The lowest BCUT2D eigenvalue weighted by molar-refractivity contribution is 0.164. The molecular weight excluding hydrogens is 322 g/mol. The molecule has 130 valence electrons. The average Bonchev–Trinajstić information content (AvgIpc) is 3.14. The molecule has 1 aromatic heterocycles. The van der Waals surface area contributed by atoms with Crippen LogP contribution in [0.2, 0.25) is 0 Å². The molecule has 2 aromatic rings. The van der Waals surface area contributed by atoms with E-state index in [1.807, 2.05) is 0 Å². The molecule has 2 aliphatic heterocycles. The van der Waals surface area contributed by atoms with Crippen LogP contribution in [0.4, 0.5) is 0 Å². The van der Waals surface area contributed by atoms with E-state index in [4.69, 9.17) is 4.42 Å². The second-order valence-corrected chi connectivity index (χ2v) is 7.19. The number of hydrogen-bond donors (Lipinski definition) is 1. The fourth-order valence-electron chi connectivity index (χ4n) is 3.98. The average molecular weight is 348 g/mol. The van der Waals surface area contributed by atoms with Crippen LogP contribution < -0.4 is 5.32 Å². The number of halogens is 1. The van der Waals surface area contributed by atoms with Gasteiger partial charge < -0.3 is 9.73 Å². The minimum absolute atomic E-state index is 0. The smallest absolute Gasteiger partial charge is 0.226 e. The third kappa shape index (κ3) is 3.66. The first-order valence-electron chi connectivity index (χ1n) is 8.65. The lowest BCUT2D eigenvalue weighted by atomic mass is 9.98. The first-order chi connectivity index (χ1) is 11.2. The van der Waals surface area contributed by atoms with Crippen LogP contribution in [0.25, 0.3) is 11.5 Å². The summed E-state index contributed by atoms with van der Waals surface area (Å²) >= 11 is 0. The summed E-state index contributed by atoms with van der Waals surface area (Å²) in [4.78, 5) is 7.12. The molecular formula is C19H26ClN3O. The van der Waals surface area contributed by atoms with Crippen LogP contribution in [0.15, 0.2) is 34.9 Å². The molecule has 2 fully saturated rings. The van der Waals surface area contributed by atoms with Crippen LogP contribution in [0.3, 0.4) is 0 Å². The number of nitrogens with zero attached hydrogens (tertiary/aromatic N) is 2. The summed E-state index contributed by atoms with van der Waals surface area (Å²) in [7, 11) is 2.22. The van der Waals surface area contributed by atoms with Crippen LogP contribution in [-0.4, -0.2) is 35.1 Å². The van der Waals surface area contributed by atoms with Crippen molar-refractivity contribution in [1.29, 1.82) is 0 Å². The predicted octanol–water partition coefficient (Wildman–Crippen LogP) is 3.79. The lowest BCUT2D eigenvalue weighted by Gasteiger charge is -2.35. The first kappa shape index (κ1) is 17.5. The molecule has 0 aliphatic carbocycles. The van der Waals surface area contributed by atoms with E-state index >= 15 is 0 Å². The van der Waals surface area contributed by atoms with Gasteiger partial charge in [0.25, 0.3) is 0 Å². The molecule has 0 amide bonds. The van der Waals surface area contributed by atoms with Crippen LogP contribution in [-0.2, 0) is 6.54 Å². The largest absolute Gasteiger partial charge is 0.444 e. The molecule has 0 spiro atoms. The van der Waals surface area contributed by atoms with Gasteiger partial charge in [-0.15, -0.1) is 12.4 Å². The van der Waals surface area contributed by atoms with Gasteiger partial charge in [0, 0.05) is 30.2 Å². The van der Waals surface area contributed by atoms with Crippen molar-refractivity contribution in [3.05, 3.63) is 41.8 Å². The SMILES string of the molecule is Cc1ccc(-c2nc(CN(C)C3CC4CCC(C3)N4)co2)cc1.Cl. The molecule has 2 unspecified atom stereocenters. The van der Waals surface area contributed by atoms with Crippen molar-refractivity contribution in [3.8, 4) is 11.5 Å². The molecule has 1 N–H and O–H groups in total. The Labute approximate surface area is 150 Å². The van der Waals surface area contributed by atoms with Crippen molar-refractivity contribution in [2.24, 2.45) is 0 Å². The molecule has 0 radical (unpaired) electrons. The zero-order valence-corrected chi connectivity index (χ0v) is 15.2. The Balaban J connectivity index is 0.00000169. The van der Waals surface area contributed by atoms with Crippen LogP contribution in [0, 0.1) is 6.92 Å². The maximum atomic E-state index is 5.68. The summed E-state index contributed by atoms with van der Waals surface area (Å²) in [6, 6.07) is 10.4. The summed E-state index contributed by atoms with van der Waals surface area (Å²) in [5, 5.41) is 3.71. The second kappa shape index (κ2) is 7.26. The van der Waals surface area contributed by atoms with Crippen molar-refractivity contribution < 1.29 is 4.42 Å². The number of hydrogen-bond acceptors (Lipinski definition) is 4. The van der Waals surface area contributed by atoms with Gasteiger partial charge in [-0.3, -0.25) is 4.90 Å². The van der Waals surface area contributed by atoms with Crippen molar-refractivity contribution in [1.82, 2.24) is 15.2 Å². The highest BCUT2D eigenvalue weighted by molar-refractivity contribution is 5.85. The molecule has 4 nitrogen and oxygen atoms in total. The van der Waals surface area contributed by atoms with E-state index < -0.39 is 0 Å². The fourth-order valence-corrected chi connectivity index (χ4v) is 3.98. The highest BCUT2D eigenvalue weighted by Gasteiger charge is 2.35. The molecule has 2 atom stereocenters. The fraction of sp³-hybridized carbons (Fsp3) is 0.526. The van der Waals surface area contributed by atoms with E-state index in [0.29, 0.717) is 6.04 Å². The van der Waals surface area contributed by atoms with Gasteiger partial charge in [-0.05, 0) is 51.8 Å². The number of fused-ring (bicyclic) bond motifs is 2. The van der Waals surface area contributed by atoms with E-state index in [1.165, 1.54) is 31.2 Å². The Morgan fingerprint density at radius 1 is 1.17 bits per heavy atom. The van der Waals surface area contributed by atoms with Crippen molar-refractivity contribution >= 4 is 12.4 Å². The van der Waals surface area contributed by atoms with E-state index in [2.05, 4.69) is 53.4 Å². The number of piperidine rings is 1. The van der Waals surface area contributed by atoms with Gasteiger partial charge in [0.2, 0.25) is 5.89 Å². The van der Waals surface area contributed by atoms with E-state index in [1.54, 1.807) is 6.26 Å². The third-order valence-corrected chi connectivity index (χ3v) is 5.33. The monoisotopic (exact) mass is 347 g/mol. The van der Waals surface area contributed by atoms with Gasteiger partial charge in [0.15, 0.2) is 0 Å². The molecule has 2 bridgehead atoms. The van der Waals surface area contributed by atoms with E-state index in [9.17, 15) is 0 Å². The van der Waals surface area contributed by atoms with Gasteiger partial charge in [-0.25, -0.2) is 4.98 Å². The summed E-state index contributed by atoms with van der Waals surface area (Å²) < 4.78 is 5.68. The van der Waals surface area contributed by atoms with Crippen molar-refractivity contribution in [2.75, 3.05) is 7.05 Å². The van der Waals surface area contributed by atoms with Crippen molar-refractivity contribution in [3.63, 3.8) is 0 Å². The first-order valence-corrected chi connectivity index (χ1v) is 8.65. The summed E-state index contributed by atoms with van der Waals surface area (Å²) in [5.74, 6) is 0.721. The lowest BCUT2D eigenvalue weighted by Crippen LogP contribution is -2.46. The van der Waals surface area contributed by atoms with Crippen LogP contribution in [0.1, 0.15) is 36.9 Å². The van der Waals surface area contributed by atoms with Crippen LogP contribution in [0.5, 0.6) is 0 Å². The molecule has 2 saturated heterocycles. The van der Waals surface area contributed by atoms with Gasteiger partial charge in [-0.1, -0.05) is 17.7 Å². The zero-order valence-electron chi connectivity index (χ0n) is 14.4. The second-order valence-electron chi connectivity index (χ2n) is 7.19. The molecule has 3 heterocycles. The number of benzene rings is 1. The highest BCUT2D eigenvalue weighted by Crippen LogP contribution is 2.30. The Morgan fingerprint density at radius 3 is 2.50 bits per heavy atom. The summed E-state index contributed by atoms with van der Waals surface area (Å²) in [6.45, 7) is 2.95. The standard InChI is InChI=1S/C19H25N3O.ClH/c1-13-3-5-14(6-4-13)19-21-17(12-23-19)11-22(2)18-9-15-7-8-16(10-18)20-15;/h3-6,12,15-16,18,20H,7-11H2,1-2H3;1H. The molecule has 5 heteroatoms. The number of nitrogens with one attached hydrogen (secondary N) is 1. The summed E-state index contributed by atoms with van der Waals surface area (Å²) in [5.41, 5.74) is 3.32. The van der Waals surface area contributed by atoms with E-state index in [0.717, 1.165) is 35.8 Å². The summed E-state index contributed by atoms with van der Waals surface area (Å²) in [6.07, 6.45) is 7.01. The number of aromatic nitrogens is 1. The Morgan fingerprint density at radius 2 is 1.83 bits per heavy atom. The van der Waals surface area contributed by atoms with Gasteiger partial charge in [0.1, 0.15) is 6.26 Å². The zero-order chi connectivity index (χ0) is 15.8. The highest BCUT2D eigenvalue weighted by atomic mass is 35.5. The quantitative estimate of drug-likeness (QED) is 0.913. The van der Waals surface area contributed by atoms with E-state index in [-0.39, 0.29) is 12.4 Å². The Bertz CT molecular complexity index is 658. The molecule has 24 heavy (non-hydrogen) atoms. The van der Waals surface area contributed by atoms with Gasteiger partial charge >= 0.3 is 0 Å². The normalized spacial score (nSPS) is 25.7. The van der Waals surface area contributed by atoms with Crippen LogP contribution >= 0.6 is 12.4 Å². The Kier molecular flexibility index (Phi) is 5.28. The number of rotatable bonds is 4. The molecule has 0 saturated carbocycles. The molecule has 4 rings (SSSR count). The van der Waals surface area contributed by atoms with Crippen molar-refractivity contribution in [2.45, 2.75) is 57.3 Å². The Hall–Kier alpha value is -1.36. The maximum Gasteiger partial charge on any atom is 0.226 e. The number of oxazole rings is 1. The maximum absolute atomic E-state index is 5.68. The van der Waals surface area contributed by atoms with Gasteiger partial charge in [-0.2, -0.15) is 0 Å². The minimum Gasteiger partial charge on any atom is -0.444 e. The topological polar surface area (TPSA) is 41.3 Å². The minimum atomic E-state index is 0. The van der Waals surface area contributed by atoms with Gasteiger partial charge in [0.05, 0.1) is 5.69 Å².